The fourth-order valence-electron chi connectivity index (χ4n) is 2.77. The second-order valence-corrected chi connectivity index (χ2v) is 6.10. The lowest BCUT2D eigenvalue weighted by molar-refractivity contribution is 0.588. The van der Waals surface area contributed by atoms with Crippen LogP contribution in [-0.2, 0) is 13.1 Å². The number of nitrogens with zero attached hydrogens (tertiary/aromatic N) is 4. The lowest BCUT2D eigenvalue weighted by Gasteiger charge is -2.09. The Bertz CT molecular complexity index is 1140. The van der Waals surface area contributed by atoms with Crippen LogP contribution in [0.25, 0.3) is 10.8 Å². The molecule has 0 unspecified atom stereocenters. The quantitative estimate of drug-likeness (QED) is 0.575. The van der Waals surface area contributed by atoms with Gasteiger partial charge in [-0.15, -0.1) is 0 Å². The van der Waals surface area contributed by atoms with E-state index in [1.807, 2.05) is 53.1 Å². The highest BCUT2D eigenvalue weighted by Gasteiger charge is 2.11. The number of benzene rings is 2. The van der Waals surface area contributed by atoms with Crippen LogP contribution in [0.5, 0.6) is 0 Å². The minimum atomic E-state index is -0.140. The molecular weight excluding hydrogens is 334 g/mol. The molecule has 0 spiro atoms. The van der Waals surface area contributed by atoms with Crippen molar-refractivity contribution in [1.29, 1.82) is 0 Å². The third-order valence-electron chi connectivity index (χ3n) is 4.07. The van der Waals surface area contributed by atoms with Crippen molar-refractivity contribution < 1.29 is 0 Å². The summed E-state index contributed by atoms with van der Waals surface area (Å²) in [6, 6.07) is 17.4. The number of H-pyrrole nitrogens is 1. The number of rotatable bonds is 4. The molecule has 2 aromatic heterocycles. The van der Waals surface area contributed by atoms with Crippen LogP contribution in [0.4, 0.5) is 0 Å². The number of aromatic nitrogens is 5. The van der Waals surface area contributed by atoms with Gasteiger partial charge in [0.05, 0.1) is 18.1 Å². The molecule has 2 aromatic carbocycles. The molecule has 0 aliphatic carbocycles. The Morgan fingerprint density at radius 2 is 1.76 bits per heavy atom. The van der Waals surface area contributed by atoms with Crippen LogP contribution in [0.1, 0.15) is 11.4 Å². The molecule has 0 atom stereocenters. The van der Waals surface area contributed by atoms with Crippen molar-refractivity contribution in [2.75, 3.05) is 0 Å². The van der Waals surface area contributed by atoms with Crippen molar-refractivity contribution in [3.8, 4) is 0 Å². The number of fused-ring (bicyclic) bond motifs is 1. The maximum Gasteiger partial charge on any atom is 0.275 e. The van der Waals surface area contributed by atoms with Gasteiger partial charge in [-0.2, -0.15) is 10.2 Å². The molecule has 2 heterocycles. The number of nitrogens with one attached hydrogen (secondary N) is 1. The van der Waals surface area contributed by atoms with Gasteiger partial charge in [0.15, 0.2) is 10.6 Å². The van der Waals surface area contributed by atoms with Gasteiger partial charge in [-0.25, -0.2) is 4.68 Å². The molecule has 25 heavy (non-hydrogen) atoms. The van der Waals surface area contributed by atoms with Gasteiger partial charge in [-0.1, -0.05) is 48.5 Å². The van der Waals surface area contributed by atoms with E-state index >= 15 is 0 Å². The summed E-state index contributed by atoms with van der Waals surface area (Å²) < 4.78 is 3.82. The summed E-state index contributed by atoms with van der Waals surface area (Å²) in [6.07, 6.45) is 1.69. The van der Waals surface area contributed by atoms with E-state index in [1.165, 1.54) is 4.68 Å². The predicted molar refractivity (Wildman–Crippen MR) is 98.1 cm³/mol. The number of aromatic amines is 1. The van der Waals surface area contributed by atoms with Crippen molar-refractivity contribution >= 4 is 23.0 Å². The van der Waals surface area contributed by atoms with Crippen LogP contribution in [0.3, 0.4) is 0 Å². The minimum absolute atomic E-state index is 0.140. The average molecular weight is 349 g/mol. The average Bonchev–Trinajstić information content (AvgIpc) is 2.98. The van der Waals surface area contributed by atoms with Gasteiger partial charge in [0, 0.05) is 5.39 Å². The van der Waals surface area contributed by atoms with Gasteiger partial charge >= 0.3 is 0 Å². The lowest BCUT2D eigenvalue weighted by Crippen LogP contribution is -2.25. The molecule has 124 valence electrons. The summed E-state index contributed by atoms with van der Waals surface area (Å²) >= 11 is 5.34. The van der Waals surface area contributed by atoms with Gasteiger partial charge in [0.2, 0.25) is 0 Å². The second kappa shape index (κ2) is 6.45. The zero-order valence-electron chi connectivity index (χ0n) is 13.3. The molecule has 0 amide bonds. The smallest absolute Gasteiger partial charge is 0.275 e. The van der Waals surface area contributed by atoms with Crippen molar-refractivity contribution in [3.05, 3.63) is 87.3 Å². The topological polar surface area (TPSA) is 68.5 Å². The predicted octanol–water partition coefficient (Wildman–Crippen LogP) is 2.75. The monoisotopic (exact) mass is 349 g/mol. The van der Waals surface area contributed by atoms with Gasteiger partial charge in [-0.3, -0.25) is 14.5 Å². The fourth-order valence-corrected chi connectivity index (χ4v) is 2.99. The van der Waals surface area contributed by atoms with E-state index in [9.17, 15) is 4.79 Å². The maximum absolute atomic E-state index is 12.6. The molecule has 0 saturated carbocycles. The molecule has 0 bridgehead atoms. The van der Waals surface area contributed by atoms with Crippen LogP contribution >= 0.6 is 12.2 Å². The Balaban J connectivity index is 1.72. The maximum atomic E-state index is 12.6. The molecule has 0 radical (unpaired) electrons. The number of hydrogen-bond donors (Lipinski definition) is 1. The molecule has 4 aromatic rings. The summed E-state index contributed by atoms with van der Waals surface area (Å²) in [7, 11) is 0. The first-order valence-corrected chi connectivity index (χ1v) is 8.26. The van der Waals surface area contributed by atoms with Gasteiger partial charge < -0.3 is 0 Å². The first kappa shape index (κ1) is 15.5. The lowest BCUT2D eigenvalue weighted by atomic mass is 10.2. The molecule has 6 nitrogen and oxygen atoms in total. The first-order valence-electron chi connectivity index (χ1n) is 7.85. The van der Waals surface area contributed by atoms with E-state index in [1.54, 1.807) is 12.3 Å². The molecule has 7 heteroatoms. The third kappa shape index (κ3) is 3.01. The molecular formula is C18H15N5OS. The highest BCUT2D eigenvalue weighted by Crippen LogP contribution is 2.09. The highest BCUT2D eigenvalue weighted by atomic mass is 32.1. The summed E-state index contributed by atoms with van der Waals surface area (Å²) in [4.78, 5) is 12.6. The normalized spacial score (nSPS) is 11.0. The molecule has 0 aliphatic heterocycles. The van der Waals surface area contributed by atoms with E-state index in [-0.39, 0.29) is 12.1 Å². The Hall–Kier alpha value is -3.06. The van der Waals surface area contributed by atoms with E-state index in [0.717, 1.165) is 10.9 Å². The second-order valence-electron chi connectivity index (χ2n) is 5.71. The van der Waals surface area contributed by atoms with Crippen molar-refractivity contribution in [2.45, 2.75) is 13.1 Å². The molecule has 1 N–H and O–H groups in total. The SMILES string of the molecule is O=c1c2ccccc2cnn1Cc1n[nH]c(=S)n1Cc1ccccc1. The zero-order chi connectivity index (χ0) is 17.2. The van der Waals surface area contributed by atoms with E-state index < -0.39 is 0 Å². The Morgan fingerprint density at radius 3 is 2.60 bits per heavy atom. The van der Waals surface area contributed by atoms with Crippen LogP contribution < -0.4 is 5.56 Å². The summed E-state index contributed by atoms with van der Waals surface area (Å²) in [6.45, 7) is 0.845. The fraction of sp³-hybridized carbons (Fsp3) is 0.111. The highest BCUT2D eigenvalue weighted by molar-refractivity contribution is 7.71. The molecule has 0 fully saturated rings. The van der Waals surface area contributed by atoms with Crippen molar-refractivity contribution in [1.82, 2.24) is 24.5 Å². The van der Waals surface area contributed by atoms with Crippen LogP contribution in [0.2, 0.25) is 0 Å². The van der Waals surface area contributed by atoms with E-state index in [2.05, 4.69) is 15.3 Å². The third-order valence-corrected chi connectivity index (χ3v) is 4.39. The summed E-state index contributed by atoms with van der Waals surface area (Å²) in [5, 5.41) is 12.8. The van der Waals surface area contributed by atoms with E-state index in [4.69, 9.17) is 12.2 Å². The van der Waals surface area contributed by atoms with Crippen LogP contribution in [0, 0.1) is 4.77 Å². The molecule has 4 rings (SSSR count). The molecule has 0 saturated heterocycles. The molecule has 0 aliphatic rings. The first-order chi connectivity index (χ1) is 12.2. The zero-order valence-corrected chi connectivity index (χ0v) is 14.1. The largest absolute Gasteiger partial charge is 0.298 e. The minimum Gasteiger partial charge on any atom is -0.298 e. The van der Waals surface area contributed by atoms with Crippen molar-refractivity contribution in [3.63, 3.8) is 0 Å². The van der Waals surface area contributed by atoms with Crippen molar-refractivity contribution in [2.24, 2.45) is 0 Å². The van der Waals surface area contributed by atoms with Crippen LogP contribution in [-0.4, -0.2) is 24.5 Å². The van der Waals surface area contributed by atoms with E-state index in [0.29, 0.717) is 22.5 Å². The Morgan fingerprint density at radius 1 is 1.00 bits per heavy atom. The van der Waals surface area contributed by atoms with Crippen LogP contribution in [0.15, 0.2) is 65.6 Å². The summed E-state index contributed by atoms with van der Waals surface area (Å²) in [5.41, 5.74) is 0.971. The number of hydrogen-bond acceptors (Lipinski definition) is 4. The standard InChI is InChI=1S/C18H15N5OS/c24-17-15-9-5-4-8-14(15)10-19-23(17)12-16-20-21-18(25)22(16)11-13-6-2-1-3-7-13/h1-10H,11-12H2,(H,21,25). The van der Waals surface area contributed by atoms with Gasteiger partial charge in [-0.05, 0) is 23.8 Å². The van der Waals surface area contributed by atoms with Gasteiger partial charge in [0.1, 0.15) is 6.54 Å². The Kier molecular flexibility index (Phi) is 3.99. The summed E-state index contributed by atoms with van der Waals surface area (Å²) in [5.74, 6) is 0.665. The van der Waals surface area contributed by atoms with Gasteiger partial charge in [0.25, 0.3) is 5.56 Å². The Labute approximate surface area is 148 Å².